The fourth-order valence-corrected chi connectivity index (χ4v) is 1.75. The second-order valence-corrected chi connectivity index (χ2v) is 4.27. The summed E-state index contributed by atoms with van der Waals surface area (Å²) in [5, 5.41) is 2.79. The number of nitrogens with two attached hydrogens (primary N) is 1. The fourth-order valence-electron chi connectivity index (χ4n) is 1.75. The number of amides is 1. The van der Waals surface area contributed by atoms with E-state index in [0.717, 1.165) is 5.56 Å². The maximum Gasteiger partial charge on any atom is 0.257 e. The predicted octanol–water partition coefficient (Wildman–Crippen LogP) is 1.65. The van der Waals surface area contributed by atoms with Crippen molar-refractivity contribution in [3.63, 3.8) is 0 Å². The summed E-state index contributed by atoms with van der Waals surface area (Å²) in [6.45, 7) is 1.85. The molecule has 1 heterocycles. The number of carbonyl (C=O) groups is 1. The van der Waals surface area contributed by atoms with Crippen LogP contribution in [0.1, 0.15) is 28.9 Å². The third-order valence-corrected chi connectivity index (χ3v) is 2.75. The van der Waals surface area contributed by atoms with E-state index in [1.165, 1.54) is 18.3 Å². The average Bonchev–Trinajstić information content (AvgIpc) is 2.39. The number of hydrogen-bond donors (Lipinski definition) is 3. The number of aromatic amines is 1. The van der Waals surface area contributed by atoms with E-state index in [2.05, 4.69) is 10.3 Å². The van der Waals surface area contributed by atoms with Crippen LogP contribution in [0.2, 0.25) is 0 Å². The van der Waals surface area contributed by atoms with Crippen LogP contribution in [-0.4, -0.2) is 10.9 Å². The van der Waals surface area contributed by atoms with Gasteiger partial charge < -0.3 is 16.0 Å². The number of H-pyrrole nitrogens is 1. The first-order valence-electron chi connectivity index (χ1n) is 5.92. The van der Waals surface area contributed by atoms with E-state index < -0.39 is 0 Å². The van der Waals surface area contributed by atoms with E-state index in [9.17, 15) is 9.59 Å². The second-order valence-electron chi connectivity index (χ2n) is 4.27. The molecule has 5 heteroatoms. The van der Waals surface area contributed by atoms with Crippen molar-refractivity contribution in [1.82, 2.24) is 4.98 Å². The van der Waals surface area contributed by atoms with Gasteiger partial charge in [0.25, 0.3) is 5.91 Å². The molecule has 19 heavy (non-hydrogen) atoms. The van der Waals surface area contributed by atoms with Gasteiger partial charge in [-0.15, -0.1) is 0 Å². The van der Waals surface area contributed by atoms with Gasteiger partial charge in [-0.05, 0) is 24.6 Å². The fraction of sp³-hybridized carbons (Fsp3) is 0.143. The molecule has 0 spiro atoms. The molecular formula is C14H15N3O2. The first-order chi connectivity index (χ1) is 9.08. The molecule has 0 saturated carbocycles. The lowest BCUT2D eigenvalue weighted by Gasteiger charge is -2.13. The summed E-state index contributed by atoms with van der Waals surface area (Å²) in [6.07, 6.45) is 1.38. The van der Waals surface area contributed by atoms with Crippen LogP contribution >= 0.6 is 0 Å². The molecule has 0 aliphatic rings. The third kappa shape index (κ3) is 3.08. The van der Waals surface area contributed by atoms with Gasteiger partial charge in [0.05, 0.1) is 5.56 Å². The molecule has 0 bridgehead atoms. The lowest BCUT2D eigenvalue weighted by Crippen LogP contribution is -2.17. The topological polar surface area (TPSA) is 88.0 Å². The number of para-hydroxylation sites is 1. The van der Waals surface area contributed by atoms with Crippen LogP contribution in [0.25, 0.3) is 0 Å². The molecule has 0 saturated heterocycles. The number of aromatic nitrogens is 1. The zero-order chi connectivity index (χ0) is 13.8. The normalized spacial score (nSPS) is 11.9. The van der Waals surface area contributed by atoms with Crippen LogP contribution in [0, 0.1) is 0 Å². The van der Waals surface area contributed by atoms with Crippen molar-refractivity contribution in [3.8, 4) is 0 Å². The van der Waals surface area contributed by atoms with Crippen molar-refractivity contribution in [2.45, 2.75) is 13.0 Å². The van der Waals surface area contributed by atoms with Crippen LogP contribution < -0.4 is 16.6 Å². The summed E-state index contributed by atoms with van der Waals surface area (Å²) in [7, 11) is 0. The van der Waals surface area contributed by atoms with Crippen molar-refractivity contribution in [3.05, 3.63) is 64.1 Å². The zero-order valence-electron chi connectivity index (χ0n) is 10.5. The van der Waals surface area contributed by atoms with Crippen molar-refractivity contribution in [2.75, 3.05) is 5.32 Å². The van der Waals surface area contributed by atoms with Gasteiger partial charge in [0.15, 0.2) is 0 Å². The summed E-state index contributed by atoms with van der Waals surface area (Å²) in [6, 6.07) is 9.97. The van der Waals surface area contributed by atoms with Gasteiger partial charge in [-0.1, -0.05) is 18.2 Å². The van der Waals surface area contributed by atoms with Gasteiger partial charge in [0.1, 0.15) is 0 Å². The highest BCUT2D eigenvalue weighted by Gasteiger charge is 2.10. The Balaban J connectivity index is 2.24. The molecule has 2 aromatic rings. The number of nitrogens with one attached hydrogen (secondary N) is 2. The predicted molar refractivity (Wildman–Crippen MR) is 74.1 cm³/mol. The summed E-state index contributed by atoms with van der Waals surface area (Å²) < 4.78 is 0. The molecule has 0 aliphatic heterocycles. The van der Waals surface area contributed by atoms with Crippen LogP contribution in [-0.2, 0) is 0 Å². The first-order valence-corrected chi connectivity index (χ1v) is 5.92. The smallest absolute Gasteiger partial charge is 0.257 e. The van der Waals surface area contributed by atoms with E-state index in [1.807, 2.05) is 25.1 Å². The van der Waals surface area contributed by atoms with E-state index in [1.54, 1.807) is 6.07 Å². The van der Waals surface area contributed by atoms with Gasteiger partial charge in [-0.2, -0.15) is 0 Å². The Hall–Kier alpha value is -2.40. The van der Waals surface area contributed by atoms with E-state index >= 15 is 0 Å². The minimum atomic E-state index is -0.288. The van der Waals surface area contributed by atoms with E-state index in [4.69, 9.17) is 5.73 Å². The summed E-state index contributed by atoms with van der Waals surface area (Å²) in [4.78, 5) is 25.4. The Bertz CT molecular complexity index is 627. The maximum absolute atomic E-state index is 12.0. The molecule has 0 radical (unpaired) electrons. The third-order valence-electron chi connectivity index (χ3n) is 2.75. The summed E-state index contributed by atoms with van der Waals surface area (Å²) in [5.74, 6) is -0.288. The molecule has 1 unspecified atom stereocenters. The van der Waals surface area contributed by atoms with Crippen LogP contribution in [0.4, 0.5) is 5.69 Å². The molecule has 98 valence electrons. The highest BCUT2D eigenvalue weighted by molar-refractivity contribution is 6.04. The number of hydrogen-bond acceptors (Lipinski definition) is 3. The van der Waals surface area contributed by atoms with Crippen molar-refractivity contribution in [2.24, 2.45) is 5.73 Å². The lowest BCUT2D eigenvalue weighted by atomic mass is 10.1. The largest absolute Gasteiger partial charge is 0.328 e. The molecule has 0 aliphatic carbocycles. The van der Waals surface area contributed by atoms with E-state index in [-0.39, 0.29) is 17.5 Å². The second kappa shape index (κ2) is 5.49. The van der Waals surface area contributed by atoms with Gasteiger partial charge in [0, 0.05) is 24.0 Å². The Kier molecular flexibility index (Phi) is 3.77. The van der Waals surface area contributed by atoms with Gasteiger partial charge in [-0.25, -0.2) is 0 Å². The first kappa shape index (κ1) is 13.0. The summed E-state index contributed by atoms with van der Waals surface area (Å²) in [5.41, 5.74) is 7.53. The molecular weight excluding hydrogens is 242 g/mol. The number of anilines is 1. The van der Waals surface area contributed by atoms with Gasteiger partial charge in [-0.3, -0.25) is 9.59 Å². The van der Waals surface area contributed by atoms with Crippen molar-refractivity contribution >= 4 is 11.6 Å². The maximum atomic E-state index is 12.0. The lowest BCUT2D eigenvalue weighted by molar-refractivity contribution is 0.102. The number of benzene rings is 1. The summed E-state index contributed by atoms with van der Waals surface area (Å²) >= 11 is 0. The Morgan fingerprint density at radius 1 is 1.26 bits per heavy atom. The average molecular weight is 257 g/mol. The van der Waals surface area contributed by atoms with Crippen LogP contribution in [0.15, 0.2) is 47.4 Å². The highest BCUT2D eigenvalue weighted by Crippen LogP contribution is 2.21. The molecule has 0 fully saturated rings. The number of pyridine rings is 1. The highest BCUT2D eigenvalue weighted by atomic mass is 16.1. The Morgan fingerprint density at radius 2 is 2.00 bits per heavy atom. The minimum Gasteiger partial charge on any atom is -0.328 e. The molecule has 1 amide bonds. The molecule has 2 rings (SSSR count). The van der Waals surface area contributed by atoms with Crippen LogP contribution in [0.3, 0.4) is 0 Å². The monoisotopic (exact) mass is 257 g/mol. The zero-order valence-corrected chi connectivity index (χ0v) is 10.5. The molecule has 1 atom stereocenters. The van der Waals surface area contributed by atoms with Crippen molar-refractivity contribution in [1.29, 1.82) is 0 Å². The molecule has 4 N–H and O–H groups in total. The Morgan fingerprint density at radius 3 is 2.63 bits per heavy atom. The SMILES string of the molecule is CC(N)c1ccccc1NC(=O)c1ccc(=O)[nH]c1. The van der Waals surface area contributed by atoms with Gasteiger partial charge >= 0.3 is 0 Å². The van der Waals surface area contributed by atoms with Crippen LogP contribution in [0.5, 0.6) is 0 Å². The van der Waals surface area contributed by atoms with Gasteiger partial charge in [0.2, 0.25) is 5.56 Å². The molecule has 5 nitrogen and oxygen atoms in total. The van der Waals surface area contributed by atoms with Crippen molar-refractivity contribution < 1.29 is 4.79 Å². The molecule has 1 aromatic heterocycles. The Labute approximate surface area is 110 Å². The number of carbonyl (C=O) groups excluding carboxylic acids is 1. The van der Waals surface area contributed by atoms with E-state index in [0.29, 0.717) is 11.3 Å². The minimum absolute atomic E-state index is 0.174. The quantitative estimate of drug-likeness (QED) is 0.781. The molecule has 1 aromatic carbocycles. The number of rotatable bonds is 3. The standard InChI is InChI=1S/C14H15N3O2/c1-9(15)11-4-2-3-5-12(11)17-14(19)10-6-7-13(18)16-8-10/h2-9H,15H2,1H3,(H,16,18)(H,17,19).